The highest BCUT2D eigenvalue weighted by atomic mass is 35.5. The Balaban J connectivity index is 2.49. The Morgan fingerprint density at radius 3 is 2.50 bits per heavy atom. The van der Waals surface area contributed by atoms with Crippen LogP contribution in [0.2, 0.25) is 5.15 Å². The highest BCUT2D eigenvalue weighted by molar-refractivity contribution is 6.30. The normalized spacial score (nSPS) is 9.81. The average molecular weight is 229 g/mol. The van der Waals surface area contributed by atoms with Crippen LogP contribution in [0.25, 0.3) is 11.1 Å². The van der Waals surface area contributed by atoms with Gasteiger partial charge in [0, 0.05) is 11.8 Å². The van der Waals surface area contributed by atoms with E-state index in [1.54, 1.807) is 12.3 Å². The van der Waals surface area contributed by atoms with Gasteiger partial charge in [-0.15, -0.1) is 0 Å². The summed E-state index contributed by atoms with van der Waals surface area (Å²) >= 11 is 5.78. The third kappa shape index (κ3) is 2.05. The van der Waals surface area contributed by atoms with Gasteiger partial charge < -0.3 is 0 Å². The van der Waals surface area contributed by atoms with E-state index >= 15 is 0 Å². The van der Waals surface area contributed by atoms with Crippen molar-refractivity contribution in [2.24, 2.45) is 0 Å². The molecule has 0 saturated heterocycles. The quantitative estimate of drug-likeness (QED) is 0.700. The van der Waals surface area contributed by atoms with Gasteiger partial charge in [0.05, 0.1) is 5.56 Å². The largest absolute Gasteiger partial charge is 0.243 e. The van der Waals surface area contributed by atoms with Crippen molar-refractivity contribution >= 4 is 11.6 Å². The van der Waals surface area contributed by atoms with Crippen molar-refractivity contribution in [1.29, 1.82) is 5.26 Å². The predicted molar refractivity (Wildman–Crippen MR) is 64.1 cm³/mol. The summed E-state index contributed by atoms with van der Waals surface area (Å²) in [5.74, 6) is 0. The minimum atomic E-state index is 0.248. The molecule has 1 heterocycles. The fraction of sp³-hybridized carbons (Fsp3) is 0.0769. The average Bonchev–Trinajstić information content (AvgIpc) is 2.31. The lowest BCUT2D eigenvalue weighted by molar-refractivity contribution is 1.30. The summed E-state index contributed by atoms with van der Waals surface area (Å²) in [6.45, 7) is 2.03. The van der Waals surface area contributed by atoms with Gasteiger partial charge in [0.15, 0.2) is 0 Å². The number of aryl methyl sites for hydroxylation is 1. The highest BCUT2D eigenvalue weighted by Gasteiger charge is 2.04. The zero-order chi connectivity index (χ0) is 11.5. The molecule has 0 fully saturated rings. The predicted octanol–water partition coefficient (Wildman–Crippen LogP) is 3.58. The zero-order valence-corrected chi connectivity index (χ0v) is 9.49. The van der Waals surface area contributed by atoms with Crippen LogP contribution in [0.3, 0.4) is 0 Å². The molecule has 16 heavy (non-hydrogen) atoms. The molecule has 0 aliphatic rings. The Morgan fingerprint density at radius 1 is 1.19 bits per heavy atom. The molecule has 0 radical (unpaired) electrons. The molecule has 0 saturated carbocycles. The van der Waals surface area contributed by atoms with Gasteiger partial charge in [-0.3, -0.25) is 0 Å². The van der Waals surface area contributed by atoms with Crippen molar-refractivity contribution in [1.82, 2.24) is 4.98 Å². The number of pyridine rings is 1. The molecule has 2 aromatic rings. The number of rotatable bonds is 1. The fourth-order valence-corrected chi connectivity index (χ4v) is 1.58. The molecular weight excluding hydrogens is 220 g/mol. The molecule has 0 atom stereocenters. The summed E-state index contributed by atoms with van der Waals surface area (Å²) in [6, 6.07) is 11.8. The molecule has 2 rings (SSSR count). The number of nitrogens with zero attached hydrogens (tertiary/aromatic N) is 2. The van der Waals surface area contributed by atoms with E-state index in [4.69, 9.17) is 16.9 Å². The maximum Gasteiger partial charge on any atom is 0.146 e. The molecule has 1 aromatic carbocycles. The number of halogens is 1. The van der Waals surface area contributed by atoms with Crippen LogP contribution in [0.5, 0.6) is 0 Å². The Labute approximate surface area is 99.1 Å². The van der Waals surface area contributed by atoms with Crippen LogP contribution < -0.4 is 0 Å². The third-order valence-electron chi connectivity index (χ3n) is 2.34. The number of hydrogen-bond acceptors (Lipinski definition) is 2. The molecule has 0 amide bonds. The van der Waals surface area contributed by atoms with Crippen LogP contribution in [0.4, 0.5) is 0 Å². The van der Waals surface area contributed by atoms with Crippen molar-refractivity contribution in [2.75, 3.05) is 0 Å². The van der Waals surface area contributed by atoms with Gasteiger partial charge in [-0.2, -0.15) is 5.26 Å². The lowest BCUT2D eigenvalue weighted by Crippen LogP contribution is -1.86. The summed E-state index contributed by atoms with van der Waals surface area (Å²) in [6.07, 6.45) is 1.67. The second-order valence-corrected chi connectivity index (χ2v) is 3.90. The first-order valence-corrected chi connectivity index (χ1v) is 5.21. The van der Waals surface area contributed by atoms with E-state index < -0.39 is 0 Å². The maximum atomic E-state index is 8.86. The zero-order valence-electron chi connectivity index (χ0n) is 8.74. The topological polar surface area (TPSA) is 36.7 Å². The third-order valence-corrected chi connectivity index (χ3v) is 2.65. The van der Waals surface area contributed by atoms with Gasteiger partial charge >= 0.3 is 0 Å². The first-order chi connectivity index (χ1) is 7.70. The van der Waals surface area contributed by atoms with E-state index in [2.05, 4.69) is 4.98 Å². The van der Waals surface area contributed by atoms with E-state index in [0.29, 0.717) is 5.56 Å². The lowest BCUT2D eigenvalue weighted by Gasteiger charge is -2.03. The van der Waals surface area contributed by atoms with Crippen molar-refractivity contribution in [3.8, 4) is 17.2 Å². The minimum absolute atomic E-state index is 0.248. The SMILES string of the molecule is Cc1ccc(-c2cnc(Cl)c(C#N)c2)cc1. The highest BCUT2D eigenvalue weighted by Crippen LogP contribution is 2.22. The van der Waals surface area contributed by atoms with Crippen molar-refractivity contribution in [3.63, 3.8) is 0 Å². The molecule has 0 bridgehead atoms. The van der Waals surface area contributed by atoms with Gasteiger partial charge in [-0.05, 0) is 18.6 Å². The standard InChI is InChI=1S/C13H9ClN2/c1-9-2-4-10(5-3-9)12-6-11(7-15)13(14)16-8-12/h2-6,8H,1H3. The van der Waals surface area contributed by atoms with Crippen LogP contribution >= 0.6 is 11.6 Å². The summed E-state index contributed by atoms with van der Waals surface area (Å²) in [7, 11) is 0. The van der Waals surface area contributed by atoms with Crippen LogP contribution in [0.15, 0.2) is 36.5 Å². The summed E-state index contributed by atoms with van der Waals surface area (Å²) in [5, 5.41) is 9.11. The molecule has 0 N–H and O–H groups in total. The van der Waals surface area contributed by atoms with Crippen LogP contribution in [-0.2, 0) is 0 Å². The van der Waals surface area contributed by atoms with Gasteiger partial charge in [0.25, 0.3) is 0 Å². The second kappa shape index (κ2) is 4.34. The monoisotopic (exact) mass is 228 g/mol. The molecule has 3 heteroatoms. The molecule has 78 valence electrons. The molecule has 0 aliphatic carbocycles. The van der Waals surface area contributed by atoms with Gasteiger partial charge in [-0.1, -0.05) is 41.4 Å². The Hall–Kier alpha value is -1.85. The maximum absolute atomic E-state index is 8.86. The van der Waals surface area contributed by atoms with Crippen LogP contribution in [0.1, 0.15) is 11.1 Å². The molecule has 2 nitrogen and oxygen atoms in total. The van der Waals surface area contributed by atoms with E-state index in [9.17, 15) is 0 Å². The molecule has 0 aliphatic heterocycles. The number of nitriles is 1. The van der Waals surface area contributed by atoms with Crippen molar-refractivity contribution in [2.45, 2.75) is 6.92 Å². The fourth-order valence-electron chi connectivity index (χ4n) is 1.43. The Kier molecular flexibility index (Phi) is 2.89. The molecule has 1 aromatic heterocycles. The first kappa shape index (κ1) is 10.7. The summed E-state index contributed by atoms with van der Waals surface area (Å²) in [4.78, 5) is 3.99. The van der Waals surface area contributed by atoms with E-state index in [1.807, 2.05) is 37.3 Å². The lowest BCUT2D eigenvalue weighted by atomic mass is 10.1. The summed E-state index contributed by atoms with van der Waals surface area (Å²) < 4.78 is 0. The summed E-state index contributed by atoms with van der Waals surface area (Å²) in [5.41, 5.74) is 3.54. The van der Waals surface area contributed by atoms with Crippen LogP contribution in [-0.4, -0.2) is 4.98 Å². The van der Waals surface area contributed by atoms with Gasteiger partial charge in [0.2, 0.25) is 0 Å². The number of hydrogen-bond donors (Lipinski definition) is 0. The van der Waals surface area contributed by atoms with Crippen LogP contribution in [0, 0.1) is 18.3 Å². The molecular formula is C13H9ClN2. The molecule has 0 unspecified atom stereocenters. The van der Waals surface area contributed by atoms with Crippen molar-refractivity contribution in [3.05, 3.63) is 52.8 Å². The Morgan fingerprint density at radius 2 is 1.88 bits per heavy atom. The van der Waals surface area contributed by atoms with E-state index in [0.717, 1.165) is 11.1 Å². The second-order valence-electron chi connectivity index (χ2n) is 3.54. The van der Waals surface area contributed by atoms with E-state index in [-0.39, 0.29) is 5.15 Å². The van der Waals surface area contributed by atoms with E-state index in [1.165, 1.54) is 5.56 Å². The first-order valence-electron chi connectivity index (χ1n) is 4.83. The smallest absolute Gasteiger partial charge is 0.146 e. The van der Waals surface area contributed by atoms with Gasteiger partial charge in [0.1, 0.15) is 11.2 Å². The number of aromatic nitrogens is 1. The minimum Gasteiger partial charge on any atom is -0.243 e. The van der Waals surface area contributed by atoms with Gasteiger partial charge in [-0.25, -0.2) is 4.98 Å². The van der Waals surface area contributed by atoms with Crippen molar-refractivity contribution < 1.29 is 0 Å². The Bertz CT molecular complexity index is 553. The molecule has 0 spiro atoms. The number of benzene rings is 1.